The third-order valence-electron chi connectivity index (χ3n) is 1.33. The van der Waals surface area contributed by atoms with E-state index >= 15 is 0 Å². The summed E-state index contributed by atoms with van der Waals surface area (Å²) < 4.78 is 0. The number of carbonyl (C=O) groups excluding carboxylic acids is 1. The summed E-state index contributed by atoms with van der Waals surface area (Å²) in [6.45, 7) is 4.05. The quantitative estimate of drug-likeness (QED) is 0.691. The topological polar surface area (TPSA) is 42.0 Å². The molecule has 0 amide bonds. The van der Waals surface area contributed by atoms with Crippen LogP contribution in [0.5, 0.6) is 0 Å². The van der Waals surface area contributed by atoms with Crippen LogP contribution in [0.1, 0.15) is 24.3 Å². The van der Waals surface area contributed by atoms with Gasteiger partial charge in [-0.2, -0.15) is 0 Å². The van der Waals surface area contributed by atoms with Gasteiger partial charge in [-0.1, -0.05) is 6.07 Å². The minimum Gasteiger partial charge on any atom is -0.368 e. The molecular weight excluding hydrogens is 152 g/mol. The maximum absolute atomic E-state index is 10.4. The molecule has 1 aromatic heterocycles. The van der Waals surface area contributed by atoms with Crippen LogP contribution in [0, 0.1) is 0 Å². The lowest BCUT2D eigenvalue weighted by molar-refractivity contribution is 0.111. The van der Waals surface area contributed by atoms with E-state index in [0.29, 0.717) is 11.7 Å². The molecule has 0 spiro atoms. The predicted octanol–water partition coefficient (Wildman–Crippen LogP) is 1.71. The van der Waals surface area contributed by atoms with Crippen molar-refractivity contribution < 1.29 is 4.79 Å². The Labute approximate surface area is 71.8 Å². The first-order chi connectivity index (χ1) is 5.72. The van der Waals surface area contributed by atoms with Gasteiger partial charge in [0.1, 0.15) is 11.5 Å². The van der Waals surface area contributed by atoms with Gasteiger partial charge in [0.2, 0.25) is 0 Å². The fourth-order valence-electron chi connectivity index (χ4n) is 0.893. The highest BCUT2D eigenvalue weighted by molar-refractivity contribution is 5.72. The first-order valence-electron chi connectivity index (χ1n) is 3.91. The Morgan fingerprint density at radius 1 is 1.50 bits per heavy atom. The maximum atomic E-state index is 10.4. The van der Waals surface area contributed by atoms with Gasteiger partial charge in [0.05, 0.1) is 0 Å². The Morgan fingerprint density at radius 2 is 2.25 bits per heavy atom. The number of nitrogens with zero attached hydrogens (tertiary/aromatic N) is 1. The van der Waals surface area contributed by atoms with Crippen molar-refractivity contribution in [3.63, 3.8) is 0 Å². The molecular formula is C9H12N2O. The van der Waals surface area contributed by atoms with Crippen molar-refractivity contribution in [3.05, 3.63) is 23.9 Å². The predicted molar refractivity (Wildman–Crippen MR) is 48.4 cm³/mol. The van der Waals surface area contributed by atoms with Crippen molar-refractivity contribution in [3.8, 4) is 0 Å². The SMILES string of the molecule is CC(C)Nc1cccc(C=O)n1. The lowest BCUT2D eigenvalue weighted by atomic mass is 10.3. The van der Waals surface area contributed by atoms with E-state index in [9.17, 15) is 4.79 Å². The largest absolute Gasteiger partial charge is 0.368 e. The molecule has 0 atom stereocenters. The number of nitrogens with one attached hydrogen (secondary N) is 1. The number of carbonyl (C=O) groups is 1. The molecule has 3 heteroatoms. The molecule has 0 radical (unpaired) electrons. The molecule has 1 aromatic rings. The Balaban J connectivity index is 2.79. The normalized spacial score (nSPS) is 9.92. The summed E-state index contributed by atoms with van der Waals surface area (Å²) >= 11 is 0. The van der Waals surface area contributed by atoms with Crippen LogP contribution in [0.3, 0.4) is 0 Å². The molecule has 1 rings (SSSR count). The van der Waals surface area contributed by atoms with Crippen molar-refractivity contribution in [2.75, 3.05) is 5.32 Å². The minimum atomic E-state index is 0.333. The standard InChI is InChI=1S/C9H12N2O/c1-7(2)10-9-5-3-4-8(6-12)11-9/h3-7H,1-2H3,(H,10,11). The van der Waals surface area contributed by atoms with Gasteiger partial charge in [-0.25, -0.2) is 4.98 Å². The van der Waals surface area contributed by atoms with Crippen LogP contribution in [-0.4, -0.2) is 17.3 Å². The van der Waals surface area contributed by atoms with E-state index < -0.39 is 0 Å². The fourth-order valence-corrected chi connectivity index (χ4v) is 0.893. The molecule has 12 heavy (non-hydrogen) atoms. The maximum Gasteiger partial charge on any atom is 0.168 e. The minimum absolute atomic E-state index is 0.333. The molecule has 0 aromatic carbocycles. The molecule has 0 aliphatic heterocycles. The molecule has 3 nitrogen and oxygen atoms in total. The number of pyridine rings is 1. The Morgan fingerprint density at radius 3 is 2.83 bits per heavy atom. The molecule has 1 N–H and O–H groups in total. The molecule has 0 aliphatic carbocycles. The van der Waals surface area contributed by atoms with Crippen LogP contribution in [-0.2, 0) is 0 Å². The summed E-state index contributed by atoms with van der Waals surface area (Å²) in [4.78, 5) is 14.4. The van der Waals surface area contributed by atoms with Crippen molar-refractivity contribution >= 4 is 12.1 Å². The fraction of sp³-hybridized carbons (Fsp3) is 0.333. The smallest absolute Gasteiger partial charge is 0.168 e. The van der Waals surface area contributed by atoms with Crippen molar-refractivity contribution in [1.82, 2.24) is 4.98 Å². The first kappa shape index (κ1) is 8.71. The number of aldehydes is 1. The van der Waals surface area contributed by atoms with Gasteiger partial charge >= 0.3 is 0 Å². The highest BCUT2D eigenvalue weighted by Gasteiger charge is 1.96. The van der Waals surface area contributed by atoms with Crippen molar-refractivity contribution in [2.45, 2.75) is 19.9 Å². The second kappa shape index (κ2) is 3.85. The van der Waals surface area contributed by atoms with Crippen LogP contribution in [0.15, 0.2) is 18.2 Å². The second-order valence-electron chi connectivity index (χ2n) is 2.86. The molecule has 0 saturated heterocycles. The van der Waals surface area contributed by atoms with E-state index in [1.54, 1.807) is 12.1 Å². The van der Waals surface area contributed by atoms with E-state index in [2.05, 4.69) is 10.3 Å². The Bertz CT molecular complexity index is 271. The molecule has 0 unspecified atom stereocenters. The zero-order valence-corrected chi connectivity index (χ0v) is 7.24. The first-order valence-corrected chi connectivity index (χ1v) is 3.91. The van der Waals surface area contributed by atoms with Gasteiger partial charge in [0.25, 0.3) is 0 Å². The van der Waals surface area contributed by atoms with Crippen LogP contribution >= 0.6 is 0 Å². The third kappa shape index (κ3) is 2.34. The van der Waals surface area contributed by atoms with Gasteiger partial charge in [-0.15, -0.1) is 0 Å². The van der Waals surface area contributed by atoms with Crippen LogP contribution in [0.25, 0.3) is 0 Å². The highest BCUT2D eigenvalue weighted by Crippen LogP contribution is 2.04. The Hall–Kier alpha value is -1.38. The average Bonchev–Trinajstić information content (AvgIpc) is 2.03. The van der Waals surface area contributed by atoms with E-state index in [0.717, 1.165) is 12.1 Å². The molecule has 0 aliphatic rings. The monoisotopic (exact) mass is 164 g/mol. The molecule has 0 saturated carbocycles. The van der Waals surface area contributed by atoms with Crippen LogP contribution < -0.4 is 5.32 Å². The number of aromatic nitrogens is 1. The van der Waals surface area contributed by atoms with Crippen LogP contribution in [0.2, 0.25) is 0 Å². The summed E-state index contributed by atoms with van der Waals surface area (Å²) in [5.41, 5.74) is 0.459. The van der Waals surface area contributed by atoms with E-state index in [1.807, 2.05) is 19.9 Å². The third-order valence-corrected chi connectivity index (χ3v) is 1.33. The lowest BCUT2D eigenvalue weighted by Crippen LogP contribution is -2.11. The number of anilines is 1. The van der Waals surface area contributed by atoms with Gasteiger partial charge in [-0.3, -0.25) is 4.79 Å². The summed E-state index contributed by atoms with van der Waals surface area (Å²) in [5.74, 6) is 0.745. The second-order valence-corrected chi connectivity index (χ2v) is 2.86. The highest BCUT2D eigenvalue weighted by atomic mass is 16.1. The number of rotatable bonds is 3. The summed E-state index contributed by atoms with van der Waals surface area (Å²) in [6, 6.07) is 5.66. The Kier molecular flexibility index (Phi) is 2.80. The molecule has 0 fully saturated rings. The van der Waals surface area contributed by atoms with Gasteiger partial charge in [0, 0.05) is 6.04 Å². The lowest BCUT2D eigenvalue weighted by Gasteiger charge is -2.08. The zero-order valence-electron chi connectivity index (χ0n) is 7.24. The summed E-state index contributed by atoms with van der Waals surface area (Å²) in [5, 5.41) is 3.11. The van der Waals surface area contributed by atoms with Gasteiger partial charge < -0.3 is 5.32 Å². The van der Waals surface area contributed by atoms with Crippen molar-refractivity contribution in [2.24, 2.45) is 0 Å². The molecule has 0 bridgehead atoms. The van der Waals surface area contributed by atoms with Gasteiger partial charge in [0.15, 0.2) is 6.29 Å². The van der Waals surface area contributed by atoms with Gasteiger partial charge in [-0.05, 0) is 26.0 Å². The van der Waals surface area contributed by atoms with E-state index in [1.165, 1.54) is 0 Å². The van der Waals surface area contributed by atoms with Crippen molar-refractivity contribution in [1.29, 1.82) is 0 Å². The number of hydrogen-bond donors (Lipinski definition) is 1. The average molecular weight is 164 g/mol. The molecule has 1 heterocycles. The summed E-state index contributed by atoms with van der Waals surface area (Å²) in [7, 11) is 0. The molecule has 64 valence electrons. The van der Waals surface area contributed by atoms with E-state index in [4.69, 9.17) is 0 Å². The number of hydrogen-bond acceptors (Lipinski definition) is 3. The summed E-state index contributed by atoms with van der Waals surface area (Å²) in [6.07, 6.45) is 0.742. The van der Waals surface area contributed by atoms with E-state index in [-0.39, 0.29) is 0 Å². The van der Waals surface area contributed by atoms with Crippen LogP contribution in [0.4, 0.5) is 5.82 Å². The zero-order chi connectivity index (χ0) is 8.97.